The highest BCUT2D eigenvalue weighted by molar-refractivity contribution is 7.12. The first-order valence-corrected chi connectivity index (χ1v) is 8.53. The van der Waals surface area contributed by atoms with Crippen LogP contribution in [0.1, 0.15) is 15.5 Å². The number of thiophene rings is 1. The van der Waals surface area contributed by atoms with Gasteiger partial charge in [-0.05, 0) is 30.5 Å². The summed E-state index contributed by atoms with van der Waals surface area (Å²) in [6, 6.07) is 11.4. The standard InChI is InChI=1S/C17H18N4O2S/c1-12-20-13-5-2-3-6-14(13)21(12)9-8-18-16(22)11-19-17(23)15-7-4-10-24-15/h2-7,10H,8-9,11H2,1H3,(H,18,22)(H,19,23). The number of hydrogen-bond acceptors (Lipinski definition) is 4. The number of benzene rings is 1. The Labute approximate surface area is 143 Å². The van der Waals surface area contributed by atoms with Crippen LogP contribution in [0, 0.1) is 6.92 Å². The topological polar surface area (TPSA) is 76.0 Å². The molecule has 0 aliphatic heterocycles. The van der Waals surface area contributed by atoms with Crippen molar-refractivity contribution in [3.63, 3.8) is 0 Å². The molecule has 2 heterocycles. The molecule has 0 radical (unpaired) electrons. The van der Waals surface area contributed by atoms with E-state index in [2.05, 4.69) is 20.2 Å². The van der Waals surface area contributed by atoms with Crippen molar-refractivity contribution in [2.45, 2.75) is 13.5 Å². The number of amides is 2. The quantitative estimate of drug-likeness (QED) is 0.719. The zero-order chi connectivity index (χ0) is 16.9. The average Bonchev–Trinajstić information content (AvgIpc) is 3.21. The number of fused-ring (bicyclic) bond motifs is 1. The molecule has 2 amide bonds. The monoisotopic (exact) mass is 342 g/mol. The van der Waals surface area contributed by atoms with Gasteiger partial charge in [-0.3, -0.25) is 9.59 Å². The van der Waals surface area contributed by atoms with Crippen molar-refractivity contribution in [3.8, 4) is 0 Å². The Bertz CT molecular complexity index is 855. The smallest absolute Gasteiger partial charge is 0.261 e. The molecule has 3 aromatic rings. The first-order chi connectivity index (χ1) is 11.6. The first kappa shape index (κ1) is 16.2. The van der Waals surface area contributed by atoms with Gasteiger partial charge < -0.3 is 15.2 Å². The summed E-state index contributed by atoms with van der Waals surface area (Å²) in [7, 11) is 0. The number of rotatable bonds is 6. The predicted octanol–water partition coefficient (Wildman–Crippen LogP) is 1.95. The van der Waals surface area contributed by atoms with Crippen molar-refractivity contribution in [1.29, 1.82) is 0 Å². The number of nitrogens with one attached hydrogen (secondary N) is 2. The van der Waals surface area contributed by atoms with Crippen molar-refractivity contribution < 1.29 is 9.59 Å². The molecular formula is C17H18N4O2S. The molecule has 0 aliphatic carbocycles. The van der Waals surface area contributed by atoms with Crippen molar-refractivity contribution in [2.75, 3.05) is 13.1 Å². The number of aromatic nitrogens is 2. The van der Waals surface area contributed by atoms with Crippen molar-refractivity contribution in [3.05, 3.63) is 52.5 Å². The van der Waals surface area contributed by atoms with Gasteiger partial charge >= 0.3 is 0 Å². The number of carbonyl (C=O) groups is 2. The zero-order valence-electron chi connectivity index (χ0n) is 13.3. The van der Waals surface area contributed by atoms with Crippen LogP contribution in [0.15, 0.2) is 41.8 Å². The summed E-state index contributed by atoms with van der Waals surface area (Å²) < 4.78 is 2.07. The van der Waals surface area contributed by atoms with E-state index in [0.717, 1.165) is 16.9 Å². The van der Waals surface area contributed by atoms with Crippen LogP contribution in [0.25, 0.3) is 11.0 Å². The number of aryl methyl sites for hydroxylation is 1. The van der Waals surface area contributed by atoms with E-state index >= 15 is 0 Å². The highest BCUT2D eigenvalue weighted by atomic mass is 32.1. The van der Waals surface area contributed by atoms with Crippen LogP contribution in [0.2, 0.25) is 0 Å². The predicted molar refractivity (Wildman–Crippen MR) is 94.1 cm³/mol. The summed E-state index contributed by atoms with van der Waals surface area (Å²) in [5, 5.41) is 7.25. The van der Waals surface area contributed by atoms with E-state index in [-0.39, 0.29) is 18.4 Å². The molecule has 0 saturated carbocycles. The number of hydrogen-bond donors (Lipinski definition) is 2. The van der Waals surface area contributed by atoms with Crippen molar-refractivity contribution >= 4 is 34.2 Å². The van der Waals surface area contributed by atoms with E-state index < -0.39 is 0 Å². The molecule has 0 bridgehead atoms. The van der Waals surface area contributed by atoms with Gasteiger partial charge in [0.2, 0.25) is 5.91 Å². The molecule has 0 aliphatic rings. The maximum atomic E-state index is 11.8. The third kappa shape index (κ3) is 3.62. The van der Waals surface area contributed by atoms with Gasteiger partial charge in [0.15, 0.2) is 0 Å². The van der Waals surface area contributed by atoms with Crippen LogP contribution in [-0.2, 0) is 11.3 Å². The second kappa shape index (κ2) is 7.27. The van der Waals surface area contributed by atoms with Gasteiger partial charge in [-0.25, -0.2) is 4.98 Å². The number of imidazole rings is 1. The third-order valence-electron chi connectivity index (χ3n) is 3.66. The van der Waals surface area contributed by atoms with E-state index in [4.69, 9.17) is 0 Å². The Morgan fingerprint density at radius 1 is 1.17 bits per heavy atom. The summed E-state index contributed by atoms with van der Waals surface area (Å²) in [5.41, 5.74) is 2.00. The second-order valence-corrected chi connectivity index (χ2v) is 6.26. The van der Waals surface area contributed by atoms with Crippen LogP contribution < -0.4 is 10.6 Å². The number of nitrogens with zero attached hydrogens (tertiary/aromatic N) is 2. The van der Waals surface area contributed by atoms with Gasteiger partial charge in [0.05, 0.1) is 22.5 Å². The maximum absolute atomic E-state index is 11.8. The highest BCUT2D eigenvalue weighted by Crippen LogP contribution is 2.14. The third-order valence-corrected chi connectivity index (χ3v) is 4.53. The molecule has 3 rings (SSSR count). The number of carbonyl (C=O) groups excluding carboxylic acids is 2. The van der Waals surface area contributed by atoms with Crippen molar-refractivity contribution in [2.24, 2.45) is 0 Å². The molecule has 0 spiro atoms. The Hall–Kier alpha value is -2.67. The van der Waals surface area contributed by atoms with Crippen LogP contribution in [0.3, 0.4) is 0 Å². The minimum atomic E-state index is -0.225. The Balaban J connectivity index is 1.48. The van der Waals surface area contributed by atoms with Gasteiger partial charge in [0.1, 0.15) is 5.82 Å². The molecule has 2 N–H and O–H groups in total. The molecule has 1 aromatic carbocycles. The molecule has 2 aromatic heterocycles. The maximum Gasteiger partial charge on any atom is 0.261 e. The molecule has 6 nitrogen and oxygen atoms in total. The van der Waals surface area contributed by atoms with E-state index in [1.165, 1.54) is 11.3 Å². The second-order valence-electron chi connectivity index (χ2n) is 5.31. The Kier molecular flexibility index (Phi) is 4.90. The van der Waals surface area contributed by atoms with Gasteiger partial charge in [0, 0.05) is 13.1 Å². The van der Waals surface area contributed by atoms with Gasteiger partial charge in [-0.2, -0.15) is 0 Å². The molecular weight excluding hydrogens is 324 g/mol. The SMILES string of the molecule is Cc1nc2ccccc2n1CCNC(=O)CNC(=O)c1cccs1. The Morgan fingerprint density at radius 3 is 2.79 bits per heavy atom. The minimum Gasteiger partial charge on any atom is -0.353 e. The first-order valence-electron chi connectivity index (χ1n) is 7.65. The fourth-order valence-corrected chi connectivity index (χ4v) is 3.14. The zero-order valence-corrected chi connectivity index (χ0v) is 14.1. The van der Waals surface area contributed by atoms with Crippen LogP contribution in [-0.4, -0.2) is 34.5 Å². The van der Waals surface area contributed by atoms with Crippen molar-refractivity contribution in [1.82, 2.24) is 20.2 Å². The lowest BCUT2D eigenvalue weighted by molar-refractivity contribution is -0.120. The summed E-state index contributed by atoms with van der Waals surface area (Å²) in [6.07, 6.45) is 0. The fraction of sp³-hybridized carbons (Fsp3) is 0.235. The van der Waals surface area contributed by atoms with Gasteiger partial charge in [0.25, 0.3) is 5.91 Å². The lowest BCUT2D eigenvalue weighted by Crippen LogP contribution is -2.38. The summed E-state index contributed by atoms with van der Waals surface area (Å²) in [4.78, 5) is 28.7. The molecule has 7 heteroatoms. The lowest BCUT2D eigenvalue weighted by atomic mass is 10.3. The van der Waals surface area contributed by atoms with E-state index in [0.29, 0.717) is 18.0 Å². The van der Waals surface area contributed by atoms with E-state index in [1.807, 2.05) is 36.6 Å². The largest absolute Gasteiger partial charge is 0.353 e. The van der Waals surface area contributed by atoms with E-state index in [9.17, 15) is 9.59 Å². The molecule has 0 fully saturated rings. The van der Waals surface area contributed by atoms with Crippen LogP contribution in [0.5, 0.6) is 0 Å². The highest BCUT2D eigenvalue weighted by Gasteiger charge is 2.09. The molecule has 124 valence electrons. The van der Waals surface area contributed by atoms with Gasteiger partial charge in [-0.15, -0.1) is 11.3 Å². The average molecular weight is 342 g/mol. The lowest BCUT2D eigenvalue weighted by Gasteiger charge is -2.09. The molecule has 0 unspecified atom stereocenters. The summed E-state index contributed by atoms with van der Waals surface area (Å²) >= 11 is 1.35. The molecule has 0 atom stereocenters. The summed E-state index contributed by atoms with van der Waals surface area (Å²) in [5.74, 6) is 0.482. The van der Waals surface area contributed by atoms with Crippen LogP contribution >= 0.6 is 11.3 Å². The fourth-order valence-electron chi connectivity index (χ4n) is 2.50. The molecule has 0 saturated heterocycles. The van der Waals surface area contributed by atoms with Crippen LogP contribution in [0.4, 0.5) is 0 Å². The van der Waals surface area contributed by atoms with Gasteiger partial charge in [-0.1, -0.05) is 18.2 Å². The normalized spacial score (nSPS) is 10.7. The minimum absolute atomic E-state index is 0.0274. The van der Waals surface area contributed by atoms with E-state index in [1.54, 1.807) is 12.1 Å². The molecule has 24 heavy (non-hydrogen) atoms. The summed E-state index contributed by atoms with van der Waals surface area (Å²) in [6.45, 7) is 3.04. The Morgan fingerprint density at radius 2 is 2.00 bits per heavy atom. The number of para-hydroxylation sites is 2.